The van der Waals surface area contributed by atoms with E-state index in [9.17, 15) is 4.39 Å². The average molecular weight is 580 g/mol. The van der Waals surface area contributed by atoms with E-state index < -0.39 is 0 Å². The molecule has 0 bridgehead atoms. The number of para-hydroxylation sites is 1. The van der Waals surface area contributed by atoms with Crippen LogP contribution in [-0.2, 0) is 0 Å². The zero-order valence-corrected chi connectivity index (χ0v) is 24.6. The van der Waals surface area contributed by atoms with Crippen LogP contribution in [0.15, 0.2) is 67.0 Å². The van der Waals surface area contributed by atoms with Crippen molar-refractivity contribution in [2.24, 2.45) is 0 Å². The number of rotatable bonds is 11. The van der Waals surface area contributed by atoms with Gasteiger partial charge in [0.25, 0.3) is 0 Å². The summed E-state index contributed by atoms with van der Waals surface area (Å²) >= 11 is 0. The van der Waals surface area contributed by atoms with E-state index in [0.29, 0.717) is 35.9 Å². The molecule has 0 spiro atoms. The standard InChI is InChI=1S/C32H34FN9O/c1-41(2)11-10-35-23-15-20(14-22(33)17-23)25-6-5-7-27-29(25)38-32(37-27)31-30-28(39-40-31)9-8-26(36-30)21-16-24(19-34-18-21)43-13-12-42(3)4/h5-9,14-19,35H,10-13H2,1-4H3,(H,37,38)(H,39,40). The number of anilines is 1. The fourth-order valence-corrected chi connectivity index (χ4v) is 4.86. The quantitative estimate of drug-likeness (QED) is 0.190. The second-order valence-electron chi connectivity index (χ2n) is 11.0. The Balaban J connectivity index is 1.33. The van der Waals surface area contributed by atoms with Gasteiger partial charge < -0.3 is 24.8 Å². The summed E-state index contributed by atoms with van der Waals surface area (Å²) in [5.74, 6) is 0.944. The zero-order chi connectivity index (χ0) is 29.9. The number of hydrogen-bond acceptors (Lipinski definition) is 8. The van der Waals surface area contributed by atoms with Crippen molar-refractivity contribution in [2.75, 3.05) is 59.7 Å². The van der Waals surface area contributed by atoms with Crippen molar-refractivity contribution < 1.29 is 9.13 Å². The number of hydrogen-bond donors (Lipinski definition) is 3. The molecule has 10 nitrogen and oxygen atoms in total. The van der Waals surface area contributed by atoms with Crippen LogP contribution in [0.25, 0.3) is 56.0 Å². The maximum atomic E-state index is 14.7. The third-order valence-electron chi connectivity index (χ3n) is 7.06. The summed E-state index contributed by atoms with van der Waals surface area (Å²) < 4.78 is 20.6. The first-order valence-corrected chi connectivity index (χ1v) is 14.1. The Morgan fingerprint density at radius 3 is 2.56 bits per heavy atom. The van der Waals surface area contributed by atoms with E-state index in [1.54, 1.807) is 12.4 Å². The van der Waals surface area contributed by atoms with Gasteiger partial charge in [-0.25, -0.2) is 14.4 Å². The highest BCUT2D eigenvalue weighted by Gasteiger charge is 2.17. The highest BCUT2D eigenvalue weighted by atomic mass is 19.1. The lowest BCUT2D eigenvalue weighted by atomic mass is 10.0. The summed E-state index contributed by atoms with van der Waals surface area (Å²) in [5, 5.41) is 10.9. The Morgan fingerprint density at radius 1 is 0.860 bits per heavy atom. The van der Waals surface area contributed by atoms with Gasteiger partial charge in [0.1, 0.15) is 23.7 Å². The number of nitrogens with zero attached hydrogens (tertiary/aromatic N) is 6. The first kappa shape index (κ1) is 28.3. The van der Waals surface area contributed by atoms with E-state index in [2.05, 4.69) is 35.3 Å². The van der Waals surface area contributed by atoms with E-state index in [4.69, 9.17) is 14.7 Å². The molecule has 220 valence electrons. The summed E-state index contributed by atoms with van der Waals surface area (Å²) in [7, 11) is 8.02. The Labute approximate surface area is 248 Å². The van der Waals surface area contributed by atoms with Crippen molar-refractivity contribution in [3.05, 3.63) is 72.8 Å². The average Bonchev–Trinajstić information content (AvgIpc) is 3.60. The van der Waals surface area contributed by atoms with E-state index in [-0.39, 0.29) is 5.82 Å². The fourth-order valence-electron chi connectivity index (χ4n) is 4.86. The molecule has 4 aromatic heterocycles. The summed E-state index contributed by atoms with van der Waals surface area (Å²) in [6.07, 6.45) is 3.47. The molecular weight excluding hydrogens is 545 g/mol. The molecule has 2 aromatic carbocycles. The smallest absolute Gasteiger partial charge is 0.161 e. The summed E-state index contributed by atoms with van der Waals surface area (Å²) in [6.45, 7) is 2.91. The monoisotopic (exact) mass is 579 g/mol. The molecule has 0 radical (unpaired) electrons. The van der Waals surface area contributed by atoms with Gasteiger partial charge in [0.2, 0.25) is 0 Å². The van der Waals surface area contributed by atoms with Crippen molar-refractivity contribution in [1.82, 2.24) is 39.9 Å². The predicted octanol–water partition coefficient (Wildman–Crippen LogP) is 5.28. The molecule has 0 aliphatic rings. The van der Waals surface area contributed by atoms with Gasteiger partial charge in [-0.3, -0.25) is 10.1 Å². The molecule has 6 rings (SSSR count). The molecule has 0 unspecified atom stereocenters. The van der Waals surface area contributed by atoms with Crippen LogP contribution in [-0.4, -0.2) is 94.4 Å². The number of nitrogens with one attached hydrogen (secondary N) is 3. The Kier molecular flexibility index (Phi) is 7.99. The van der Waals surface area contributed by atoms with E-state index in [1.165, 1.54) is 12.1 Å². The van der Waals surface area contributed by atoms with Crippen molar-refractivity contribution in [3.8, 4) is 39.7 Å². The topological polar surface area (TPSA) is 111 Å². The Bertz CT molecular complexity index is 1880. The van der Waals surface area contributed by atoms with E-state index >= 15 is 0 Å². The molecule has 0 aliphatic heterocycles. The van der Waals surface area contributed by atoms with Gasteiger partial charge in [0, 0.05) is 42.6 Å². The molecular formula is C32H34FN9O. The van der Waals surface area contributed by atoms with E-state index in [1.807, 2.05) is 70.7 Å². The number of aromatic nitrogens is 6. The summed E-state index contributed by atoms with van der Waals surface area (Å²) in [5.41, 5.74) is 7.45. The van der Waals surface area contributed by atoms with Gasteiger partial charge in [-0.2, -0.15) is 5.10 Å². The fraction of sp³-hybridized carbons (Fsp3) is 0.250. The van der Waals surface area contributed by atoms with Crippen LogP contribution in [0.3, 0.4) is 0 Å². The number of ether oxygens (including phenoxy) is 1. The van der Waals surface area contributed by atoms with Gasteiger partial charge in [0.15, 0.2) is 11.5 Å². The molecule has 43 heavy (non-hydrogen) atoms. The van der Waals surface area contributed by atoms with Crippen molar-refractivity contribution in [2.45, 2.75) is 0 Å². The lowest BCUT2D eigenvalue weighted by molar-refractivity contribution is 0.261. The van der Waals surface area contributed by atoms with Crippen LogP contribution >= 0.6 is 0 Å². The minimum Gasteiger partial charge on any atom is -0.491 e. The van der Waals surface area contributed by atoms with Crippen LogP contribution in [0, 0.1) is 5.82 Å². The van der Waals surface area contributed by atoms with Crippen molar-refractivity contribution in [3.63, 3.8) is 0 Å². The number of halogens is 1. The van der Waals surface area contributed by atoms with Crippen LogP contribution in [0.2, 0.25) is 0 Å². The second-order valence-corrected chi connectivity index (χ2v) is 11.0. The zero-order valence-electron chi connectivity index (χ0n) is 24.6. The highest BCUT2D eigenvalue weighted by molar-refractivity contribution is 5.96. The maximum Gasteiger partial charge on any atom is 0.161 e. The number of H-pyrrole nitrogens is 2. The third-order valence-corrected chi connectivity index (χ3v) is 7.06. The van der Waals surface area contributed by atoms with Crippen LogP contribution in [0.4, 0.5) is 10.1 Å². The normalized spacial score (nSPS) is 11.7. The molecule has 3 N–H and O–H groups in total. The van der Waals surface area contributed by atoms with Gasteiger partial charge >= 0.3 is 0 Å². The summed E-state index contributed by atoms with van der Waals surface area (Å²) in [6, 6.07) is 16.6. The third kappa shape index (κ3) is 6.32. The first-order valence-electron chi connectivity index (χ1n) is 14.1. The molecule has 0 aliphatic carbocycles. The molecule has 11 heteroatoms. The SMILES string of the molecule is CN(C)CCNc1cc(F)cc(-c2cccc3[nH]c(-c4n[nH]c5ccc(-c6cncc(OCCN(C)C)c6)nc45)nc23)c1. The maximum absolute atomic E-state index is 14.7. The number of aromatic amines is 2. The van der Waals surface area contributed by atoms with Crippen LogP contribution in [0.1, 0.15) is 0 Å². The van der Waals surface area contributed by atoms with Gasteiger partial charge in [-0.05, 0) is 76.2 Å². The van der Waals surface area contributed by atoms with Crippen molar-refractivity contribution in [1.29, 1.82) is 0 Å². The second kappa shape index (κ2) is 12.2. The molecule has 0 saturated heterocycles. The number of benzene rings is 2. The number of pyridine rings is 2. The Morgan fingerprint density at radius 2 is 1.72 bits per heavy atom. The van der Waals surface area contributed by atoms with Gasteiger partial charge in [-0.1, -0.05) is 12.1 Å². The number of imidazole rings is 1. The number of fused-ring (bicyclic) bond motifs is 2. The van der Waals surface area contributed by atoms with Gasteiger partial charge in [-0.15, -0.1) is 0 Å². The summed E-state index contributed by atoms with van der Waals surface area (Å²) in [4.78, 5) is 21.7. The predicted molar refractivity (Wildman–Crippen MR) is 169 cm³/mol. The molecule has 6 aromatic rings. The molecule has 0 saturated carbocycles. The van der Waals surface area contributed by atoms with E-state index in [0.717, 1.165) is 57.7 Å². The Hall–Kier alpha value is -4.87. The first-order chi connectivity index (χ1) is 20.8. The van der Waals surface area contributed by atoms with Crippen LogP contribution < -0.4 is 10.1 Å². The highest BCUT2D eigenvalue weighted by Crippen LogP contribution is 2.33. The lowest BCUT2D eigenvalue weighted by Crippen LogP contribution is -2.20. The number of likely N-dealkylation sites (N-methyl/N-ethyl adjacent to an activating group) is 2. The molecule has 0 amide bonds. The molecule has 0 fully saturated rings. The minimum absolute atomic E-state index is 0.311. The largest absolute Gasteiger partial charge is 0.491 e. The molecule has 0 atom stereocenters. The molecule has 4 heterocycles. The van der Waals surface area contributed by atoms with Crippen molar-refractivity contribution >= 4 is 27.8 Å². The van der Waals surface area contributed by atoms with Gasteiger partial charge in [0.05, 0.1) is 28.4 Å². The lowest BCUT2D eigenvalue weighted by Gasteiger charge is -2.13. The minimum atomic E-state index is -0.311. The van der Waals surface area contributed by atoms with Crippen LogP contribution in [0.5, 0.6) is 5.75 Å².